The smallest absolute Gasteiger partial charge is 0.0640 e. The maximum atomic E-state index is 4.80. The normalized spacial score (nSPS) is 18.6. The van der Waals surface area contributed by atoms with Crippen LogP contribution in [0, 0.1) is 0 Å². The Morgan fingerprint density at radius 1 is 1.42 bits per heavy atom. The van der Waals surface area contributed by atoms with Crippen molar-refractivity contribution in [1.82, 2.24) is 15.1 Å². The maximum absolute atomic E-state index is 4.80. The lowest BCUT2D eigenvalue weighted by Crippen LogP contribution is -2.28. The average Bonchev–Trinajstić information content (AvgIpc) is 2.93. The van der Waals surface area contributed by atoms with E-state index >= 15 is 0 Å². The van der Waals surface area contributed by atoms with E-state index < -0.39 is 0 Å². The van der Waals surface area contributed by atoms with Gasteiger partial charge in [-0.15, -0.1) is 0 Å². The Balaban J connectivity index is 1.88. The zero-order chi connectivity index (χ0) is 13.5. The van der Waals surface area contributed by atoms with Crippen LogP contribution in [0.4, 0.5) is 0 Å². The van der Waals surface area contributed by atoms with E-state index in [-0.39, 0.29) is 0 Å². The topological polar surface area (TPSA) is 29.9 Å². The van der Waals surface area contributed by atoms with Gasteiger partial charge in [0, 0.05) is 18.7 Å². The van der Waals surface area contributed by atoms with Crippen LogP contribution in [0.2, 0.25) is 0 Å². The SMILES string of the molecule is CNC(CCSC)Cc1ccn(C2CCCCC2)n1. The maximum Gasteiger partial charge on any atom is 0.0640 e. The first-order valence-corrected chi connectivity index (χ1v) is 8.93. The molecule has 0 aliphatic heterocycles. The van der Waals surface area contributed by atoms with Gasteiger partial charge in [0.2, 0.25) is 0 Å². The number of nitrogens with zero attached hydrogens (tertiary/aromatic N) is 2. The molecule has 1 fully saturated rings. The minimum atomic E-state index is 0.558. The van der Waals surface area contributed by atoms with E-state index in [4.69, 9.17) is 5.10 Å². The summed E-state index contributed by atoms with van der Waals surface area (Å²) in [6.45, 7) is 0. The summed E-state index contributed by atoms with van der Waals surface area (Å²) < 4.78 is 2.22. The Morgan fingerprint density at radius 2 is 2.21 bits per heavy atom. The second-order valence-electron chi connectivity index (χ2n) is 5.55. The lowest BCUT2D eigenvalue weighted by Gasteiger charge is -2.22. The number of hydrogen-bond acceptors (Lipinski definition) is 3. The number of hydrogen-bond donors (Lipinski definition) is 1. The van der Waals surface area contributed by atoms with Gasteiger partial charge < -0.3 is 5.32 Å². The molecule has 0 amide bonds. The number of aromatic nitrogens is 2. The van der Waals surface area contributed by atoms with Crippen LogP contribution in [0.3, 0.4) is 0 Å². The molecule has 1 aromatic heterocycles. The summed E-state index contributed by atoms with van der Waals surface area (Å²) in [5.74, 6) is 1.22. The largest absolute Gasteiger partial charge is 0.317 e. The highest BCUT2D eigenvalue weighted by Crippen LogP contribution is 2.27. The Hall–Kier alpha value is -0.480. The van der Waals surface area contributed by atoms with Gasteiger partial charge in [-0.2, -0.15) is 16.9 Å². The first kappa shape index (κ1) is 14.9. The summed E-state index contributed by atoms with van der Waals surface area (Å²) >= 11 is 1.92. The van der Waals surface area contributed by atoms with Crippen molar-refractivity contribution in [3.8, 4) is 0 Å². The van der Waals surface area contributed by atoms with Gasteiger partial charge in [-0.25, -0.2) is 0 Å². The highest BCUT2D eigenvalue weighted by molar-refractivity contribution is 7.98. The molecule has 0 spiro atoms. The minimum Gasteiger partial charge on any atom is -0.317 e. The van der Waals surface area contributed by atoms with Gasteiger partial charge >= 0.3 is 0 Å². The van der Waals surface area contributed by atoms with Crippen LogP contribution < -0.4 is 5.32 Å². The van der Waals surface area contributed by atoms with Crippen LogP contribution in [0.5, 0.6) is 0 Å². The molecule has 4 heteroatoms. The first-order chi connectivity index (χ1) is 9.33. The molecule has 0 saturated heterocycles. The zero-order valence-electron chi connectivity index (χ0n) is 12.3. The van der Waals surface area contributed by atoms with Crippen molar-refractivity contribution in [3.05, 3.63) is 18.0 Å². The molecule has 1 aromatic rings. The average molecular weight is 281 g/mol. The summed E-state index contributed by atoms with van der Waals surface area (Å²) in [6.07, 6.45) is 13.4. The highest BCUT2D eigenvalue weighted by Gasteiger charge is 2.16. The Kier molecular flexibility index (Phi) is 6.24. The molecule has 1 saturated carbocycles. The molecule has 1 N–H and O–H groups in total. The summed E-state index contributed by atoms with van der Waals surface area (Å²) in [7, 11) is 2.06. The molecule has 1 unspecified atom stereocenters. The van der Waals surface area contributed by atoms with Crippen molar-refractivity contribution in [2.45, 2.75) is 57.0 Å². The summed E-state index contributed by atoms with van der Waals surface area (Å²) in [4.78, 5) is 0. The fourth-order valence-corrected chi connectivity index (χ4v) is 3.42. The Morgan fingerprint density at radius 3 is 2.89 bits per heavy atom. The van der Waals surface area contributed by atoms with Crippen molar-refractivity contribution in [2.75, 3.05) is 19.1 Å². The van der Waals surface area contributed by atoms with Gasteiger partial charge in [0.25, 0.3) is 0 Å². The van der Waals surface area contributed by atoms with Crippen LogP contribution in [-0.2, 0) is 6.42 Å². The number of thioether (sulfide) groups is 1. The zero-order valence-corrected chi connectivity index (χ0v) is 13.1. The molecule has 1 aliphatic rings. The molecule has 0 aromatic carbocycles. The van der Waals surface area contributed by atoms with E-state index in [1.54, 1.807) is 0 Å². The standard InChI is InChI=1S/C15H27N3S/c1-16-13(9-11-19-2)12-14-8-10-18(17-14)15-6-4-3-5-7-15/h8,10,13,15-16H,3-7,9,11-12H2,1-2H3. The van der Waals surface area contributed by atoms with E-state index in [0.29, 0.717) is 12.1 Å². The predicted octanol–water partition coefficient (Wildman–Crippen LogP) is 3.27. The van der Waals surface area contributed by atoms with Crippen molar-refractivity contribution in [1.29, 1.82) is 0 Å². The second kappa shape index (κ2) is 7.95. The molecule has 1 heterocycles. The highest BCUT2D eigenvalue weighted by atomic mass is 32.2. The van der Waals surface area contributed by atoms with Crippen molar-refractivity contribution in [3.63, 3.8) is 0 Å². The second-order valence-corrected chi connectivity index (χ2v) is 6.54. The number of nitrogens with one attached hydrogen (secondary N) is 1. The summed E-state index contributed by atoms with van der Waals surface area (Å²) in [5.41, 5.74) is 1.24. The van der Waals surface area contributed by atoms with E-state index in [1.807, 2.05) is 11.8 Å². The minimum absolute atomic E-state index is 0.558. The van der Waals surface area contributed by atoms with Crippen molar-refractivity contribution in [2.24, 2.45) is 0 Å². The van der Waals surface area contributed by atoms with Crippen molar-refractivity contribution >= 4 is 11.8 Å². The molecule has 108 valence electrons. The van der Waals surface area contributed by atoms with Crippen LogP contribution in [0.1, 0.15) is 50.3 Å². The predicted molar refractivity (Wildman–Crippen MR) is 83.9 cm³/mol. The van der Waals surface area contributed by atoms with E-state index in [9.17, 15) is 0 Å². The molecule has 1 aliphatic carbocycles. The summed E-state index contributed by atoms with van der Waals surface area (Å²) in [5, 5.41) is 8.21. The van der Waals surface area contributed by atoms with Crippen LogP contribution in [0.25, 0.3) is 0 Å². The monoisotopic (exact) mass is 281 g/mol. The molecule has 0 radical (unpaired) electrons. The van der Waals surface area contributed by atoms with Gasteiger partial charge in [-0.05, 0) is 44.4 Å². The van der Waals surface area contributed by atoms with Crippen LogP contribution >= 0.6 is 11.8 Å². The third-order valence-corrected chi connectivity index (χ3v) is 4.79. The third kappa shape index (κ3) is 4.53. The summed E-state index contributed by atoms with van der Waals surface area (Å²) in [6, 6.07) is 3.42. The van der Waals surface area contributed by atoms with E-state index in [2.05, 4.69) is 35.6 Å². The number of likely N-dealkylation sites (N-methyl/N-ethyl adjacent to an activating group) is 1. The molecular weight excluding hydrogens is 254 g/mol. The molecular formula is C15H27N3S. The molecule has 2 rings (SSSR count). The molecule has 3 nitrogen and oxygen atoms in total. The molecule has 0 bridgehead atoms. The van der Waals surface area contributed by atoms with Gasteiger partial charge in [-0.3, -0.25) is 4.68 Å². The fourth-order valence-electron chi connectivity index (χ4n) is 2.90. The lowest BCUT2D eigenvalue weighted by atomic mass is 9.96. The molecule has 19 heavy (non-hydrogen) atoms. The number of rotatable bonds is 7. The van der Waals surface area contributed by atoms with Crippen LogP contribution in [-0.4, -0.2) is 34.9 Å². The van der Waals surface area contributed by atoms with Gasteiger partial charge in [0.05, 0.1) is 11.7 Å². The van der Waals surface area contributed by atoms with E-state index in [1.165, 1.54) is 50.0 Å². The first-order valence-electron chi connectivity index (χ1n) is 7.53. The third-order valence-electron chi connectivity index (χ3n) is 4.15. The molecule has 1 atom stereocenters. The van der Waals surface area contributed by atoms with Gasteiger partial charge in [0.1, 0.15) is 0 Å². The fraction of sp³-hybridized carbons (Fsp3) is 0.800. The van der Waals surface area contributed by atoms with Gasteiger partial charge in [-0.1, -0.05) is 19.3 Å². The van der Waals surface area contributed by atoms with E-state index in [0.717, 1.165) is 6.42 Å². The lowest BCUT2D eigenvalue weighted by molar-refractivity contribution is 0.327. The Bertz CT molecular complexity index is 358. The van der Waals surface area contributed by atoms with Gasteiger partial charge in [0.15, 0.2) is 0 Å². The van der Waals surface area contributed by atoms with Crippen LogP contribution in [0.15, 0.2) is 12.3 Å². The quantitative estimate of drug-likeness (QED) is 0.832. The Labute approximate surface area is 121 Å². The van der Waals surface area contributed by atoms with Crippen molar-refractivity contribution < 1.29 is 0 Å².